The summed E-state index contributed by atoms with van der Waals surface area (Å²) in [5, 5.41) is 12.5. The molecule has 2 aromatic rings. The molecule has 0 radical (unpaired) electrons. The molecule has 6 heteroatoms. The smallest absolute Gasteiger partial charge is 0.274 e. The molecule has 0 saturated heterocycles. The Labute approximate surface area is 127 Å². The van der Waals surface area contributed by atoms with Crippen LogP contribution in [-0.4, -0.2) is 22.6 Å². The summed E-state index contributed by atoms with van der Waals surface area (Å²) in [6.07, 6.45) is 1.47. The van der Waals surface area contributed by atoms with Crippen LogP contribution >= 0.6 is 11.6 Å². The van der Waals surface area contributed by atoms with E-state index >= 15 is 0 Å². The highest BCUT2D eigenvalue weighted by molar-refractivity contribution is 6.30. The highest BCUT2D eigenvalue weighted by atomic mass is 35.5. The minimum Gasteiger partial charge on any atom is -0.494 e. The summed E-state index contributed by atoms with van der Waals surface area (Å²) in [5.41, 5.74) is 1.38. The van der Waals surface area contributed by atoms with Crippen molar-refractivity contribution in [1.29, 1.82) is 0 Å². The molecule has 1 amide bonds. The predicted molar refractivity (Wildman–Crippen MR) is 80.7 cm³/mol. The molecule has 110 valence electrons. The van der Waals surface area contributed by atoms with Crippen LogP contribution in [0.25, 0.3) is 0 Å². The SMILES string of the molecule is CCOc1ccc(NC(=O)c2cc(Cl)ccn2)cc1CO. The molecule has 0 aliphatic rings. The summed E-state index contributed by atoms with van der Waals surface area (Å²) in [6.45, 7) is 2.20. The molecule has 2 N–H and O–H groups in total. The number of aromatic nitrogens is 1. The number of nitrogens with one attached hydrogen (secondary N) is 1. The Morgan fingerprint density at radius 3 is 2.86 bits per heavy atom. The summed E-state index contributed by atoms with van der Waals surface area (Å²) < 4.78 is 5.39. The highest BCUT2D eigenvalue weighted by Crippen LogP contribution is 2.23. The summed E-state index contributed by atoms with van der Waals surface area (Å²) in [5.74, 6) is 0.226. The van der Waals surface area contributed by atoms with E-state index in [1.54, 1.807) is 24.3 Å². The number of halogens is 1. The van der Waals surface area contributed by atoms with Crippen molar-refractivity contribution in [3.63, 3.8) is 0 Å². The van der Waals surface area contributed by atoms with E-state index in [4.69, 9.17) is 16.3 Å². The number of aliphatic hydroxyl groups is 1. The summed E-state index contributed by atoms with van der Waals surface area (Å²) in [7, 11) is 0. The molecular weight excluding hydrogens is 292 g/mol. The number of benzene rings is 1. The van der Waals surface area contributed by atoms with Crippen molar-refractivity contribution in [2.24, 2.45) is 0 Å². The molecule has 1 aromatic carbocycles. The molecule has 0 bridgehead atoms. The average Bonchev–Trinajstić information content (AvgIpc) is 2.49. The highest BCUT2D eigenvalue weighted by Gasteiger charge is 2.10. The van der Waals surface area contributed by atoms with Gasteiger partial charge >= 0.3 is 0 Å². The number of nitrogens with zero attached hydrogens (tertiary/aromatic N) is 1. The number of amides is 1. The molecular formula is C15H15ClN2O3. The molecule has 0 aliphatic heterocycles. The van der Waals surface area contributed by atoms with Crippen LogP contribution in [0, 0.1) is 0 Å². The molecule has 2 rings (SSSR count). The van der Waals surface area contributed by atoms with Gasteiger partial charge < -0.3 is 15.2 Å². The minimum atomic E-state index is -0.370. The van der Waals surface area contributed by atoms with Gasteiger partial charge in [-0.15, -0.1) is 0 Å². The first-order chi connectivity index (χ1) is 10.1. The molecule has 0 spiro atoms. The maximum atomic E-state index is 12.1. The summed E-state index contributed by atoms with van der Waals surface area (Å²) in [4.78, 5) is 16.0. The normalized spacial score (nSPS) is 10.2. The van der Waals surface area contributed by atoms with Crippen LogP contribution in [-0.2, 0) is 6.61 Å². The first-order valence-electron chi connectivity index (χ1n) is 6.43. The van der Waals surface area contributed by atoms with Gasteiger partial charge in [-0.25, -0.2) is 0 Å². The van der Waals surface area contributed by atoms with Crippen LogP contribution in [0.4, 0.5) is 5.69 Å². The second kappa shape index (κ2) is 7.06. The van der Waals surface area contributed by atoms with E-state index in [1.165, 1.54) is 12.3 Å². The zero-order valence-corrected chi connectivity index (χ0v) is 12.2. The van der Waals surface area contributed by atoms with Crippen molar-refractivity contribution in [2.75, 3.05) is 11.9 Å². The molecule has 0 fully saturated rings. The molecule has 1 aromatic heterocycles. The van der Waals surface area contributed by atoms with E-state index < -0.39 is 0 Å². The number of pyridine rings is 1. The van der Waals surface area contributed by atoms with Gasteiger partial charge in [0.2, 0.25) is 0 Å². The van der Waals surface area contributed by atoms with Gasteiger partial charge in [0.05, 0.1) is 13.2 Å². The van der Waals surface area contributed by atoms with E-state index in [1.807, 2.05) is 6.92 Å². The van der Waals surface area contributed by atoms with E-state index in [-0.39, 0.29) is 18.2 Å². The fourth-order valence-corrected chi connectivity index (χ4v) is 1.96. The molecule has 0 atom stereocenters. The maximum absolute atomic E-state index is 12.1. The second-order valence-corrected chi connectivity index (χ2v) is 4.66. The summed E-state index contributed by atoms with van der Waals surface area (Å²) in [6, 6.07) is 8.15. The van der Waals surface area contributed by atoms with E-state index in [0.717, 1.165) is 0 Å². The lowest BCUT2D eigenvalue weighted by Gasteiger charge is -2.11. The topological polar surface area (TPSA) is 71.5 Å². The Kier molecular flexibility index (Phi) is 5.14. The number of hydrogen-bond acceptors (Lipinski definition) is 4. The van der Waals surface area contributed by atoms with Crippen LogP contribution in [0.1, 0.15) is 23.0 Å². The third-order valence-electron chi connectivity index (χ3n) is 2.74. The van der Waals surface area contributed by atoms with Crippen molar-refractivity contribution < 1.29 is 14.6 Å². The number of aliphatic hydroxyl groups excluding tert-OH is 1. The average molecular weight is 307 g/mol. The lowest BCUT2D eigenvalue weighted by Crippen LogP contribution is -2.13. The van der Waals surface area contributed by atoms with Gasteiger partial charge in [-0.05, 0) is 37.3 Å². The van der Waals surface area contributed by atoms with Crippen molar-refractivity contribution in [3.05, 3.63) is 52.8 Å². The largest absolute Gasteiger partial charge is 0.494 e. The van der Waals surface area contributed by atoms with Gasteiger partial charge in [0.25, 0.3) is 5.91 Å². The van der Waals surface area contributed by atoms with Crippen molar-refractivity contribution in [3.8, 4) is 5.75 Å². The molecule has 5 nitrogen and oxygen atoms in total. The lowest BCUT2D eigenvalue weighted by molar-refractivity contribution is 0.102. The Morgan fingerprint density at radius 2 is 2.19 bits per heavy atom. The number of rotatable bonds is 5. The zero-order valence-electron chi connectivity index (χ0n) is 11.5. The van der Waals surface area contributed by atoms with Gasteiger partial charge in [0.1, 0.15) is 11.4 Å². The second-order valence-electron chi connectivity index (χ2n) is 4.23. The van der Waals surface area contributed by atoms with E-state index in [0.29, 0.717) is 28.6 Å². The van der Waals surface area contributed by atoms with Crippen molar-refractivity contribution >= 4 is 23.2 Å². The van der Waals surface area contributed by atoms with E-state index in [9.17, 15) is 9.90 Å². The summed E-state index contributed by atoms with van der Waals surface area (Å²) >= 11 is 5.83. The van der Waals surface area contributed by atoms with Crippen LogP contribution in [0.5, 0.6) is 5.75 Å². The number of ether oxygens (including phenoxy) is 1. The third kappa shape index (κ3) is 3.93. The number of hydrogen-bond donors (Lipinski definition) is 2. The van der Waals surface area contributed by atoms with Crippen LogP contribution in [0.3, 0.4) is 0 Å². The molecule has 21 heavy (non-hydrogen) atoms. The monoisotopic (exact) mass is 306 g/mol. The van der Waals surface area contributed by atoms with Gasteiger partial charge in [-0.2, -0.15) is 0 Å². The van der Waals surface area contributed by atoms with Crippen LogP contribution < -0.4 is 10.1 Å². The van der Waals surface area contributed by atoms with Gasteiger partial charge in [0, 0.05) is 22.5 Å². The Bertz CT molecular complexity index is 647. The molecule has 0 aliphatic carbocycles. The van der Waals surface area contributed by atoms with Gasteiger partial charge in [-0.3, -0.25) is 9.78 Å². The fourth-order valence-electron chi connectivity index (χ4n) is 1.80. The number of carbonyl (C=O) groups is 1. The maximum Gasteiger partial charge on any atom is 0.274 e. The van der Waals surface area contributed by atoms with Crippen LogP contribution in [0.15, 0.2) is 36.5 Å². The van der Waals surface area contributed by atoms with Crippen LogP contribution in [0.2, 0.25) is 5.02 Å². The third-order valence-corrected chi connectivity index (χ3v) is 2.98. The van der Waals surface area contributed by atoms with E-state index in [2.05, 4.69) is 10.3 Å². The molecule has 0 saturated carbocycles. The Morgan fingerprint density at radius 1 is 1.38 bits per heavy atom. The van der Waals surface area contributed by atoms with Gasteiger partial charge in [-0.1, -0.05) is 11.6 Å². The number of anilines is 1. The zero-order chi connectivity index (χ0) is 15.2. The van der Waals surface area contributed by atoms with Crippen molar-refractivity contribution in [2.45, 2.75) is 13.5 Å². The minimum absolute atomic E-state index is 0.172. The molecule has 1 heterocycles. The first kappa shape index (κ1) is 15.3. The lowest BCUT2D eigenvalue weighted by atomic mass is 10.2. The number of carbonyl (C=O) groups excluding carboxylic acids is 1. The molecule has 0 unspecified atom stereocenters. The van der Waals surface area contributed by atoms with Crippen molar-refractivity contribution in [1.82, 2.24) is 4.98 Å². The Hall–Kier alpha value is -2.11. The van der Waals surface area contributed by atoms with Gasteiger partial charge in [0.15, 0.2) is 0 Å². The Balaban J connectivity index is 2.17. The standard InChI is InChI=1S/C15H15ClN2O3/c1-2-21-14-4-3-12(7-10(14)9-19)18-15(20)13-8-11(16)5-6-17-13/h3-8,19H,2,9H2,1H3,(H,18,20). The first-order valence-corrected chi connectivity index (χ1v) is 6.81. The quantitative estimate of drug-likeness (QED) is 0.891. The predicted octanol–water partition coefficient (Wildman–Crippen LogP) is 2.88. The fraction of sp³-hybridized carbons (Fsp3) is 0.200.